The van der Waals surface area contributed by atoms with Gasteiger partial charge in [-0.05, 0) is 43.7 Å². The van der Waals surface area contributed by atoms with E-state index in [2.05, 4.69) is 5.32 Å². The summed E-state index contributed by atoms with van der Waals surface area (Å²) < 4.78 is 22.0. The Bertz CT molecular complexity index is 788. The quantitative estimate of drug-likeness (QED) is 0.861. The van der Waals surface area contributed by atoms with Crippen molar-refractivity contribution in [2.75, 3.05) is 26.9 Å². The summed E-state index contributed by atoms with van der Waals surface area (Å²) >= 11 is 0. The Morgan fingerprint density at radius 2 is 1.77 bits per heavy atom. The van der Waals surface area contributed by atoms with Crippen molar-refractivity contribution in [1.29, 1.82) is 0 Å². The summed E-state index contributed by atoms with van der Waals surface area (Å²) in [5.41, 5.74) is 0.337. The van der Waals surface area contributed by atoms with Crippen LogP contribution in [0.2, 0.25) is 0 Å². The predicted octanol–water partition coefficient (Wildman–Crippen LogP) is 2.90. The van der Waals surface area contributed by atoms with Crippen LogP contribution in [-0.2, 0) is 10.3 Å². The summed E-state index contributed by atoms with van der Waals surface area (Å²) in [6, 6.07) is 12.9. The standard InChI is InChI=1S/C20H23NO5/c1-20(2,14-8-9-17-18(12-14)25-11-10-24-17)21-19(22)13-26-16-7-5-4-6-15(16)23-3/h4-9,12H,10-11,13H2,1-3H3,(H,21,22). The fraction of sp³-hybridized carbons (Fsp3) is 0.350. The van der Waals surface area contributed by atoms with Crippen molar-refractivity contribution in [2.45, 2.75) is 19.4 Å². The van der Waals surface area contributed by atoms with E-state index in [4.69, 9.17) is 18.9 Å². The first kappa shape index (κ1) is 17.9. The molecule has 0 aromatic heterocycles. The van der Waals surface area contributed by atoms with Gasteiger partial charge in [-0.3, -0.25) is 4.79 Å². The minimum absolute atomic E-state index is 0.103. The number of carbonyl (C=O) groups is 1. The number of nitrogens with one attached hydrogen (secondary N) is 1. The van der Waals surface area contributed by atoms with Crippen LogP contribution in [-0.4, -0.2) is 32.8 Å². The average molecular weight is 357 g/mol. The van der Waals surface area contributed by atoms with Crippen molar-refractivity contribution in [1.82, 2.24) is 5.32 Å². The monoisotopic (exact) mass is 357 g/mol. The molecule has 0 spiro atoms. The fourth-order valence-corrected chi connectivity index (χ4v) is 2.77. The van der Waals surface area contributed by atoms with E-state index in [0.29, 0.717) is 30.5 Å². The number of hydrogen-bond donors (Lipinski definition) is 1. The highest BCUT2D eigenvalue weighted by Crippen LogP contribution is 2.34. The molecule has 0 bridgehead atoms. The number of benzene rings is 2. The van der Waals surface area contributed by atoms with E-state index in [-0.39, 0.29) is 12.5 Å². The second-order valence-corrected chi connectivity index (χ2v) is 6.47. The van der Waals surface area contributed by atoms with Gasteiger partial charge in [-0.1, -0.05) is 18.2 Å². The van der Waals surface area contributed by atoms with Crippen LogP contribution in [0.3, 0.4) is 0 Å². The maximum absolute atomic E-state index is 12.4. The zero-order chi connectivity index (χ0) is 18.6. The molecule has 1 aliphatic heterocycles. The van der Waals surface area contributed by atoms with E-state index in [1.165, 1.54) is 0 Å². The molecule has 2 aromatic carbocycles. The Kier molecular flexibility index (Phi) is 5.21. The van der Waals surface area contributed by atoms with Gasteiger partial charge in [-0.2, -0.15) is 0 Å². The van der Waals surface area contributed by atoms with E-state index in [9.17, 15) is 4.79 Å². The van der Waals surface area contributed by atoms with E-state index in [1.807, 2.05) is 44.2 Å². The number of rotatable bonds is 6. The van der Waals surface area contributed by atoms with Crippen LogP contribution in [0, 0.1) is 0 Å². The lowest BCUT2D eigenvalue weighted by molar-refractivity contribution is -0.124. The molecule has 0 aliphatic carbocycles. The summed E-state index contributed by atoms with van der Waals surface area (Å²) in [7, 11) is 1.56. The molecule has 1 amide bonds. The highest BCUT2D eigenvalue weighted by molar-refractivity contribution is 5.78. The van der Waals surface area contributed by atoms with Crippen molar-refractivity contribution in [2.24, 2.45) is 0 Å². The molecule has 0 saturated heterocycles. The van der Waals surface area contributed by atoms with E-state index < -0.39 is 5.54 Å². The van der Waals surface area contributed by atoms with Gasteiger partial charge < -0.3 is 24.3 Å². The lowest BCUT2D eigenvalue weighted by Gasteiger charge is -2.28. The van der Waals surface area contributed by atoms with Crippen LogP contribution in [0.15, 0.2) is 42.5 Å². The maximum atomic E-state index is 12.4. The lowest BCUT2D eigenvalue weighted by Crippen LogP contribution is -2.43. The molecule has 0 fully saturated rings. The van der Waals surface area contributed by atoms with Crippen molar-refractivity contribution < 1.29 is 23.7 Å². The largest absolute Gasteiger partial charge is 0.493 e. The lowest BCUT2D eigenvalue weighted by atomic mass is 9.93. The first-order valence-corrected chi connectivity index (χ1v) is 8.46. The van der Waals surface area contributed by atoms with Gasteiger partial charge in [-0.25, -0.2) is 0 Å². The highest BCUT2D eigenvalue weighted by Gasteiger charge is 2.25. The van der Waals surface area contributed by atoms with Crippen LogP contribution in [0.5, 0.6) is 23.0 Å². The second-order valence-electron chi connectivity index (χ2n) is 6.47. The predicted molar refractivity (Wildman–Crippen MR) is 97.1 cm³/mol. The topological polar surface area (TPSA) is 66.0 Å². The van der Waals surface area contributed by atoms with Crippen LogP contribution in [0.1, 0.15) is 19.4 Å². The van der Waals surface area contributed by atoms with Gasteiger partial charge in [0, 0.05) is 0 Å². The number of ether oxygens (including phenoxy) is 4. The van der Waals surface area contributed by atoms with Crippen molar-refractivity contribution in [3.05, 3.63) is 48.0 Å². The van der Waals surface area contributed by atoms with Crippen LogP contribution in [0.4, 0.5) is 0 Å². The summed E-state index contributed by atoms with van der Waals surface area (Å²) in [5, 5.41) is 2.99. The molecule has 0 unspecified atom stereocenters. The Labute approximate surface area is 153 Å². The molecule has 1 N–H and O–H groups in total. The van der Waals surface area contributed by atoms with Gasteiger partial charge in [0.2, 0.25) is 0 Å². The van der Waals surface area contributed by atoms with Gasteiger partial charge in [-0.15, -0.1) is 0 Å². The number of para-hydroxylation sites is 2. The van der Waals surface area contributed by atoms with Gasteiger partial charge in [0.25, 0.3) is 5.91 Å². The Morgan fingerprint density at radius 3 is 2.50 bits per heavy atom. The Morgan fingerprint density at radius 1 is 1.08 bits per heavy atom. The summed E-state index contributed by atoms with van der Waals surface area (Å²) in [4.78, 5) is 12.4. The highest BCUT2D eigenvalue weighted by atomic mass is 16.6. The van der Waals surface area contributed by atoms with Crippen LogP contribution < -0.4 is 24.3 Å². The van der Waals surface area contributed by atoms with Crippen LogP contribution in [0.25, 0.3) is 0 Å². The summed E-state index contributed by atoms with van der Waals surface area (Å²) in [5.74, 6) is 2.31. The zero-order valence-corrected chi connectivity index (χ0v) is 15.2. The SMILES string of the molecule is COc1ccccc1OCC(=O)NC(C)(C)c1ccc2c(c1)OCCO2. The minimum atomic E-state index is -0.586. The number of methoxy groups -OCH3 is 1. The molecular formula is C20H23NO5. The minimum Gasteiger partial charge on any atom is -0.493 e. The van der Waals surface area contributed by atoms with Gasteiger partial charge in [0.15, 0.2) is 29.6 Å². The fourth-order valence-electron chi connectivity index (χ4n) is 2.77. The first-order valence-electron chi connectivity index (χ1n) is 8.46. The average Bonchev–Trinajstić information content (AvgIpc) is 2.65. The van der Waals surface area contributed by atoms with E-state index in [0.717, 1.165) is 11.3 Å². The second kappa shape index (κ2) is 7.56. The normalized spacial score (nSPS) is 13.0. The Hall–Kier alpha value is -2.89. The third kappa shape index (κ3) is 4.02. The molecular weight excluding hydrogens is 334 g/mol. The maximum Gasteiger partial charge on any atom is 0.258 e. The Balaban J connectivity index is 1.64. The molecule has 0 saturated carbocycles. The van der Waals surface area contributed by atoms with Crippen molar-refractivity contribution in [3.63, 3.8) is 0 Å². The van der Waals surface area contributed by atoms with E-state index in [1.54, 1.807) is 19.2 Å². The molecule has 6 heteroatoms. The van der Waals surface area contributed by atoms with Gasteiger partial charge >= 0.3 is 0 Å². The first-order chi connectivity index (χ1) is 12.5. The van der Waals surface area contributed by atoms with Crippen LogP contribution >= 0.6 is 0 Å². The molecule has 6 nitrogen and oxygen atoms in total. The molecule has 0 atom stereocenters. The summed E-state index contributed by atoms with van der Waals surface area (Å²) in [6.45, 7) is 4.83. The van der Waals surface area contributed by atoms with Gasteiger partial charge in [0.1, 0.15) is 13.2 Å². The molecule has 26 heavy (non-hydrogen) atoms. The third-order valence-electron chi connectivity index (χ3n) is 4.14. The summed E-state index contributed by atoms with van der Waals surface area (Å²) in [6.07, 6.45) is 0. The molecule has 0 radical (unpaired) electrons. The number of hydrogen-bond acceptors (Lipinski definition) is 5. The number of fused-ring (bicyclic) bond motifs is 1. The van der Waals surface area contributed by atoms with Crippen molar-refractivity contribution >= 4 is 5.91 Å². The third-order valence-corrected chi connectivity index (χ3v) is 4.14. The molecule has 2 aromatic rings. The molecule has 1 aliphatic rings. The molecule has 3 rings (SSSR count). The number of carbonyl (C=O) groups excluding carboxylic acids is 1. The molecule has 1 heterocycles. The smallest absolute Gasteiger partial charge is 0.258 e. The van der Waals surface area contributed by atoms with Gasteiger partial charge in [0.05, 0.1) is 12.6 Å². The van der Waals surface area contributed by atoms with Crippen molar-refractivity contribution in [3.8, 4) is 23.0 Å². The molecule has 138 valence electrons. The van der Waals surface area contributed by atoms with E-state index >= 15 is 0 Å². The number of amides is 1. The zero-order valence-electron chi connectivity index (χ0n) is 15.2.